The molecular formula is C13H15N3O3S. The molecule has 0 bridgehead atoms. The van der Waals surface area contributed by atoms with Crippen LogP contribution in [0, 0.1) is 13.8 Å². The number of nitrogens with zero attached hydrogens (tertiary/aromatic N) is 1. The van der Waals surface area contributed by atoms with Gasteiger partial charge in [-0.25, -0.2) is 0 Å². The fourth-order valence-corrected chi connectivity index (χ4v) is 2.30. The molecule has 6 nitrogen and oxygen atoms in total. The van der Waals surface area contributed by atoms with Crippen molar-refractivity contribution in [1.82, 2.24) is 15.8 Å². The van der Waals surface area contributed by atoms with Crippen molar-refractivity contribution in [3.8, 4) is 0 Å². The third-order valence-electron chi connectivity index (χ3n) is 2.80. The van der Waals surface area contributed by atoms with Gasteiger partial charge in [-0.05, 0) is 25.3 Å². The number of rotatable bonds is 5. The summed E-state index contributed by atoms with van der Waals surface area (Å²) in [6.45, 7) is 3.89. The molecule has 0 saturated heterocycles. The van der Waals surface area contributed by atoms with Crippen LogP contribution >= 0.6 is 11.3 Å². The van der Waals surface area contributed by atoms with Gasteiger partial charge < -0.3 is 15.2 Å². The maximum absolute atomic E-state index is 11.7. The first kappa shape index (κ1) is 14.3. The lowest BCUT2D eigenvalue weighted by atomic mass is 10.2. The molecule has 0 fully saturated rings. The largest absolute Gasteiger partial charge is 0.361 e. The summed E-state index contributed by atoms with van der Waals surface area (Å²) in [5.74, 6) is 0.188. The van der Waals surface area contributed by atoms with E-state index in [1.807, 2.05) is 12.3 Å². The number of carbonyl (C=O) groups excluding carboxylic acids is 2. The van der Waals surface area contributed by atoms with Gasteiger partial charge in [-0.2, -0.15) is 0 Å². The second kappa shape index (κ2) is 6.33. The summed E-state index contributed by atoms with van der Waals surface area (Å²) in [4.78, 5) is 23.9. The Labute approximate surface area is 120 Å². The Bertz CT molecular complexity index is 585. The summed E-state index contributed by atoms with van der Waals surface area (Å²) >= 11 is 1.33. The minimum atomic E-state index is -0.255. The van der Waals surface area contributed by atoms with Crippen molar-refractivity contribution in [2.75, 3.05) is 6.54 Å². The van der Waals surface area contributed by atoms with Crippen molar-refractivity contribution in [1.29, 1.82) is 0 Å². The predicted molar refractivity (Wildman–Crippen MR) is 74.5 cm³/mol. The molecule has 2 heterocycles. The molecule has 0 unspecified atom stereocenters. The lowest BCUT2D eigenvalue weighted by Crippen LogP contribution is -2.36. The van der Waals surface area contributed by atoms with Gasteiger partial charge in [0.15, 0.2) is 0 Å². The SMILES string of the molecule is Cc1noc(C)c1CNC(=O)CNC(=O)c1cccs1. The second-order valence-electron chi connectivity index (χ2n) is 4.24. The monoisotopic (exact) mass is 293 g/mol. The second-order valence-corrected chi connectivity index (χ2v) is 5.19. The maximum Gasteiger partial charge on any atom is 0.261 e. The third-order valence-corrected chi connectivity index (χ3v) is 3.67. The molecule has 0 radical (unpaired) electrons. The highest BCUT2D eigenvalue weighted by atomic mass is 32.1. The lowest BCUT2D eigenvalue weighted by Gasteiger charge is -2.06. The molecule has 106 valence electrons. The molecule has 2 aromatic rings. The zero-order chi connectivity index (χ0) is 14.5. The number of hydrogen-bond donors (Lipinski definition) is 2. The third kappa shape index (κ3) is 3.45. The molecule has 2 amide bonds. The predicted octanol–water partition coefficient (Wildman–Crippen LogP) is 1.40. The van der Waals surface area contributed by atoms with Crippen molar-refractivity contribution in [3.63, 3.8) is 0 Å². The van der Waals surface area contributed by atoms with E-state index in [1.54, 1.807) is 19.1 Å². The smallest absolute Gasteiger partial charge is 0.261 e. The van der Waals surface area contributed by atoms with E-state index in [1.165, 1.54) is 11.3 Å². The number of amides is 2. The van der Waals surface area contributed by atoms with E-state index in [0.717, 1.165) is 11.3 Å². The number of nitrogens with one attached hydrogen (secondary N) is 2. The van der Waals surface area contributed by atoms with Crippen LogP contribution in [0.3, 0.4) is 0 Å². The first-order chi connectivity index (χ1) is 9.58. The van der Waals surface area contributed by atoms with Crippen LogP contribution in [0.2, 0.25) is 0 Å². The molecule has 0 atom stereocenters. The lowest BCUT2D eigenvalue weighted by molar-refractivity contribution is -0.120. The van der Waals surface area contributed by atoms with Gasteiger partial charge >= 0.3 is 0 Å². The first-order valence-corrected chi connectivity index (χ1v) is 6.96. The molecule has 0 aromatic carbocycles. The number of aryl methyl sites for hydroxylation is 2. The molecule has 0 aliphatic carbocycles. The molecular weight excluding hydrogens is 278 g/mol. The summed E-state index contributed by atoms with van der Waals surface area (Å²) in [6, 6.07) is 3.50. The standard InChI is InChI=1S/C13H15N3O3S/c1-8-10(9(2)19-16-8)6-14-12(17)7-15-13(18)11-4-3-5-20-11/h3-5H,6-7H2,1-2H3,(H,14,17)(H,15,18). The van der Waals surface area contributed by atoms with Crippen LogP contribution in [0.4, 0.5) is 0 Å². The van der Waals surface area contributed by atoms with Gasteiger partial charge in [-0.1, -0.05) is 11.2 Å². The van der Waals surface area contributed by atoms with Gasteiger partial charge in [-0.3, -0.25) is 9.59 Å². The van der Waals surface area contributed by atoms with E-state index in [-0.39, 0.29) is 18.4 Å². The summed E-state index contributed by atoms with van der Waals surface area (Å²) in [6.07, 6.45) is 0. The zero-order valence-corrected chi connectivity index (χ0v) is 12.0. The normalized spacial score (nSPS) is 10.3. The molecule has 0 saturated carbocycles. The van der Waals surface area contributed by atoms with Gasteiger partial charge in [-0.15, -0.1) is 11.3 Å². The molecule has 0 aliphatic rings. The van der Waals surface area contributed by atoms with Gasteiger partial charge in [0.2, 0.25) is 5.91 Å². The average molecular weight is 293 g/mol. The highest BCUT2D eigenvalue weighted by molar-refractivity contribution is 7.12. The highest BCUT2D eigenvalue weighted by Gasteiger charge is 2.11. The van der Waals surface area contributed by atoms with Gasteiger partial charge in [0.1, 0.15) is 5.76 Å². The van der Waals surface area contributed by atoms with E-state index in [9.17, 15) is 9.59 Å². The summed E-state index contributed by atoms with van der Waals surface area (Å²) < 4.78 is 5.01. The Balaban J connectivity index is 1.77. The number of aromatic nitrogens is 1. The summed E-state index contributed by atoms with van der Waals surface area (Å²) in [7, 11) is 0. The fourth-order valence-electron chi connectivity index (χ4n) is 1.66. The van der Waals surface area contributed by atoms with Crippen LogP contribution < -0.4 is 10.6 Å². The Morgan fingerprint density at radius 1 is 1.35 bits per heavy atom. The van der Waals surface area contributed by atoms with E-state index < -0.39 is 0 Å². The number of hydrogen-bond acceptors (Lipinski definition) is 5. The van der Waals surface area contributed by atoms with Crippen molar-refractivity contribution in [3.05, 3.63) is 39.4 Å². The van der Waals surface area contributed by atoms with Crippen molar-refractivity contribution < 1.29 is 14.1 Å². The van der Waals surface area contributed by atoms with Gasteiger partial charge in [0, 0.05) is 12.1 Å². The molecule has 0 aliphatic heterocycles. The molecule has 20 heavy (non-hydrogen) atoms. The summed E-state index contributed by atoms with van der Waals surface area (Å²) in [5.41, 5.74) is 1.62. The van der Waals surface area contributed by atoms with Crippen LogP contribution in [0.1, 0.15) is 26.7 Å². The van der Waals surface area contributed by atoms with Crippen LogP contribution in [-0.4, -0.2) is 23.5 Å². The molecule has 0 spiro atoms. The summed E-state index contributed by atoms with van der Waals surface area (Å²) in [5, 5.41) is 10.9. The average Bonchev–Trinajstić information content (AvgIpc) is 3.05. The van der Waals surface area contributed by atoms with E-state index in [4.69, 9.17) is 4.52 Å². The van der Waals surface area contributed by atoms with Gasteiger partial charge in [0.25, 0.3) is 5.91 Å². The molecule has 7 heteroatoms. The molecule has 2 aromatic heterocycles. The Hall–Kier alpha value is -2.15. The minimum Gasteiger partial charge on any atom is -0.361 e. The van der Waals surface area contributed by atoms with Crippen LogP contribution in [0.25, 0.3) is 0 Å². The fraction of sp³-hybridized carbons (Fsp3) is 0.308. The van der Waals surface area contributed by atoms with E-state index in [0.29, 0.717) is 17.2 Å². The molecule has 2 N–H and O–H groups in total. The first-order valence-electron chi connectivity index (χ1n) is 6.08. The van der Waals surface area contributed by atoms with Crippen molar-refractivity contribution >= 4 is 23.2 Å². The molecule has 2 rings (SSSR count). The van der Waals surface area contributed by atoms with Crippen LogP contribution in [-0.2, 0) is 11.3 Å². The van der Waals surface area contributed by atoms with Gasteiger partial charge in [0.05, 0.1) is 17.1 Å². The van der Waals surface area contributed by atoms with Crippen molar-refractivity contribution in [2.24, 2.45) is 0 Å². The quantitative estimate of drug-likeness (QED) is 0.872. The highest BCUT2D eigenvalue weighted by Crippen LogP contribution is 2.11. The zero-order valence-electron chi connectivity index (χ0n) is 11.2. The Morgan fingerprint density at radius 3 is 2.75 bits per heavy atom. The van der Waals surface area contributed by atoms with Crippen molar-refractivity contribution in [2.45, 2.75) is 20.4 Å². The maximum atomic E-state index is 11.7. The van der Waals surface area contributed by atoms with E-state index in [2.05, 4.69) is 15.8 Å². The van der Waals surface area contributed by atoms with E-state index >= 15 is 0 Å². The Morgan fingerprint density at radius 2 is 2.15 bits per heavy atom. The number of carbonyl (C=O) groups is 2. The van der Waals surface area contributed by atoms with Crippen LogP contribution in [0.5, 0.6) is 0 Å². The van der Waals surface area contributed by atoms with Crippen LogP contribution in [0.15, 0.2) is 22.0 Å². The number of thiophene rings is 1. The Kier molecular flexibility index (Phi) is 4.52. The minimum absolute atomic E-state index is 0.0554. The topological polar surface area (TPSA) is 84.2 Å².